The van der Waals surface area contributed by atoms with Crippen molar-refractivity contribution in [1.82, 2.24) is 0 Å². The van der Waals surface area contributed by atoms with E-state index < -0.39 is 16.3 Å². The van der Waals surface area contributed by atoms with Crippen molar-refractivity contribution in [2.45, 2.75) is 23.3 Å². The monoisotopic (exact) mass is 392 g/mol. The van der Waals surface area contributed by atoms with Crippen LogP contribution in [0.1, 0.15) is 12.8 Å². The second-order valence-corrected chi connectivity index (χ2v) is 11.4. The van der Waals surface area contributed by atoms with E-state index in [4.69, 9.17) is 9.05 Å². The Balaban J connectivity index is 1.37. The summed E-state index contributed by atoms with van der Waals surface area (Å²) in [4.78, 5) is 0. The van der Waals surface area contributed by atoms with Crippen molar-refractivity contribution in [1.29, 1.82) is 0 Å². The molecule has 5 heteroatoms. The van der Waals surface area contributed by atoms with Crippen molar-refractivity contribution in [3.63, 3.8) is 0 Å². The molecule has 0 bridgehead atoms. The Morgan fingerprint density at radius 3 is 1.56 bits per heavy atom. The minimum absolute atomic E-state index is 0.496. The molecule has 2 nitrogen and oxygen atoms in total. The average molecular weight is 392 g/mol. The van der Waals surface area contributed by atoms with E-state index in [2.05, 4.69) is 85.8 Å². The topological polar surface area (TPSA) is 18.5 Å². The molecule has 1 aliphatic heterocycles. The normalized spacial score (nSPS) is 22.6. The second kappa shape index (κ2) is 10.0. The third-order valence-corrected chi connectivity index (χ3v) is 8.98. The van der Waals surface area contributed by atoms with Gasteiger partial charge in [-0.2, -0.15) is 11.8 Å². The van der Waals surface area contributed by atoms with Crippen molar-refractivity contribution in [2.75, 3.05) is 26.5 Å². The van der Waals surface area contributed by atoms with Gasteiger partial charge >= 0.3 is 0 Å². The van der Waals surface area contributed by atoms with Gasteiger partial charge in [0.1, 0.15) is 0 Å². The average Bonchev–Trinajstić information content (AvgIpc) is 3.13. The maximum absolute atomic E-state index is 6.16. The van der Waals surface area contributed by atoms with Crippen LogP contribution in [0, 0.1) is 0 Å². The summed E-state index contributed by atoms with van der Waals surface area (Å²) in [6, 6.07) is 21.1. The number of benzene rings is 2. The molecule has 1 aliphatic rings. The molecule has 2 aromatic carbocycles. The predicted octanol–water partition coefficient (Wildman–Crippen LogP) is 4.99. The fourth-order valence-electron chi connectivity index (χ4n) is 2.84. The Bertz CT molecular complexity index is 571. The summed E-state index contributed by atoms with van der Waals surface area (Å²) >= 11 is 2.06. The lowest BCUT2D eigenvalue weighted by Crippen LogP contribution is -2.12. The molecule has 0 saturated carbocycles. The summed E-state index contributed by atoms with van der Waals surface area (Å²) in [6.45, 7) is 6.12. The maximum Gasteiger partial charge on any atom is 0.0632 e. The lowest BCUT2D eigenvalue weighted by Gasteiger charge is -2.18. The molecule has 0 aromatic heterocycles. The number of hydrogen-bond donors (Lipinski definition) is 0. The Labute approximate surface area is 158 Å². The summed E-state index contributed by atoms with van der Waals surface area (Å²) in [7, 11) is -0.992. The largest absolute Gasteiger partial charge is 0.354 e. The highest BCUT2D eigenvalue weighted by atomic mass is 32.2. The Hall–Kier alpha value is -0.430. The van der Waals surface area contributed by atoms with E-state index in [0.717, 1.165) is 13.2 Å². The van der Waals surface area contributed by atoms with Gasteiger partial charge in [-0.3, -0.25) is 0 Å². The summed E-state index contributed by atoms with van der Waals surface area (Å²) in [6.07, 6.45) is 2.48. The van der Waals surface area contributed by atoms with Crippen molar-refractivity contribution in [2.24, 2.45) is 0 Å². The standard InChI is InChI=1S/C20H26O2P2S/c1-23(17-9-5-3-6-10-17)21-15-19-13-14-20(25-19)16-22-24(2)18-11-7-4-8-12-18/h3-12,19-20H,13-16H2,1-2H3. The fraction of sp³-hybridized carbons (Fsp3) is 0.400. The van der Waals surface area contributed by atoms with E-state index in [1.807, 2.05) is 0 Å². The molecule has 0 N–H and O–H groups in total. The summed E-state index contributed by atoms with van der Waals surface area (Å²) in [5.74, 6) is 0. The van der Waals surface area contributed by atoms with Crippen molar-refractivity contribution >= 4 is 38.7 Å². The van der Waals surface area contributed by atoms with Crippen LogP contribution in [0.3, 0.4) is 0 Å². The highest BCUT2D eigenvalue weighted by molar-refractivity contribution is 8.00. The van der Waals surface area contributed by atoms with Crippen molar-refractivity contribution in [3.05, 3.63) is 60.7 Å². The van der Waals surface area contributed by atoms with E-state index in [-0.39, 0.29) is 0 Å². The first-order valence-electron chi connectivity index (χ1n) is 8.71. The molecule has 1 saturated heterocycles. The van der Waals surface area contributed by atoms with Gasteiger partial charge in [0.15, 0.2) is 0 Å². The van der Waals surface area contributed by atoms with Crippen LogP contribution in [-0.2, 0) is 9.05 Å². The molecule has 0 amide bonds. The van der Waals surface area contributed by atoms with Gasteiger partial charge in [-0.15, -0.1) is 0 Å². The second-order valence-electron chi connectivity index (χ2n) is 6.22. The van der Waals surface area contributed by atoms with Crippen molar-refractivity contribution < 1.29 is 9.05 Å². The predicted molar refractivity (Wildman–Crippen MR) is 114 cm³/mol. The van der Waals surface area contributed by atoms with E-state index in [1.54, 1.807) is 0 Å². The maximum atomic E-state index is 6.16. The lowest BCUT2D eigenvalue weighted by molar-refractivity contribution is 0.344. The SMILES string of the molecule is CP(OCC1CCC(COP(C)c2ccccc2)S1)c1ccccc1. The Morgan fingerprint density at radius 2 is 1.16 bits per heavy atom. The van der Waals surface area contributed by atoms with Gasteiger partial charge < -0.3 is 9.05 Å². The van der Waals surface area contributed by atoms with Gasteiger partial charge in [0.2, 0.25) is 0 Å². The van der Waals surface area contributed by atoms with Crippen LogP contribution in [0.4, 0.5) is 0 Å². The molecule has 4 unspecified atom stereocenters. The molecule has 3 rings (SSSR count). The van der Waals surface area contributed by atoms with Crippen LogP contribution in [0.2, 0.25) is 0 Å². The summed E-state index contributed by atoms with van der Waals surface area (Å²) < 4.78 is 12.3. The molecule has 25 heavy (non-hydrogen) atoms. The first-order valence-corrected chi connectivity index (χ1v) is 13.1. The lowest BCUT2D eigenvalue weighted by atomic mass is 10.2. The first kappa shape index (κ1) is 19.3. The van der Waals surface area contributed by atoms with Crippen LogP contribution in [0.5, 0.6) is 0 Å². The van der Waals surface area contributed by atoms with Gasteiger partial charge in [-0.05, 0) is 26.2 Å². The molecule has 0 aliphatic carbocycles. The Kier molecular flexibility index (Phi) is 7.77. The van der Waals surface area contributed by atoms with E-state index in [1.165, 1.54) is 23.5 Å². The number of rotatable bonds is 8. The van der Waals surface area contributed by atoms with Crippen LogP contribution < -0.4 is 10.6 Å². The van der Waals surface area contributed by atoms with Gasteiger partial charge in [-0.25, -0.2) is 0 Å². The molecule has 1 heterocycles. The summed E-state index contributed by atoms with van der Waals surface area (Å²) in [5, 5.41) is 3.86. The highest BCUT2D eigenvalue weighted by Crippen LogP contribution is 2.40. The van der Waals surface area contributed by atoms with E-state index in [0.29, 0.717) is 10.5 Å². The van der Waals surface area contributed by atoms with E-state index >= 15 is 0 Å². The molecular formula is C20H26O2P2S. The highest BCUT2D eigenvalue weighted by Gasteiger charge is 2.27. The number of thioether (sulfide) groups is 1. The minimum atomic E-state index is -0.496. The zero-order valence-electron chi connectivity index (χ0n) is 14.9. The van der Waals surface area contributed by atoms with Gasteiger partial charge in [0.25, 0.3) is 0 Å². The molecule has 134 valence electrons. The smallest absolute Gasteiger partial charge is 0.0632 e. The zero-order valence-corrected chi connectivity index (χ0v) is 17.5. The summed E-state index contributed by atoms with van der Waals surface area (Å²) in [5.41, 5.74) is 0. The molecule has 1 fully saturated rings. The Morgan fingerprint density at radius 1 is 0.760 bits per heavy atom. The third-order valence-electron chi connectivity index (χ3n) is 4.34. The minimum Gasteiger partial charge on any atom is -0.354 e. The van der Waals surface area contributed by atoms with Crippen LogP contribution in [-0.4, -0.2) is 37.0 Å². The van der Waals surface area contributed by atoms with Crippen molar-refractivity contribution in [3.8, 4) is 0 Å². The molecule has 2 aromatic rings. The van der Waals surface area contributed by atoms with E-state index in [9.17, 15) is 0 Å². The molecule has 4 atom stereocenters. The zero-order chi connectivity index (χ0) is 17.5. The van der Waals surface area contributed by atoms with Crippen LogP contribution >= 0.6 is 28.1 Å². The van der Waals surface area contributed by atoms with Crippen LogP contribution in [0.25, 0.3) is 0 Å². The molecular weight excluding hydrogens is 366 g/mol. The third kappa shape index (κ3) is 6.05. The first-order chi connectivity index (χ1) is 12.2. The molecule has 0 radical (unpaired) electrons. The van der Waals surface area contributed by atoms with Crippen LogP contribution in [0.15, 0.2) is 60.7 Å². The quantitative estimate of drug-likeness (QED) is 0.590. The molecule has 0 spiro atoms. The fourth-order valence-corrected chi connectivity index (χ4v) is 6.71. The number of hydrogen-bond acceptors (Lipinski definition) is 3. The van der Waals surface area contributed by atoms with Gasteiger partial charge in [0.05, 0.1) is 29.5 Å². The van der Waals surface area contributed by atoms with Gasteiger partial charge in [-0.1, -0.05) is 60.7 Å². The van der Waals surface area contributed by atoms with Gasteiger partial charge in [0, 0.05) is 21.1 Å².